The number of carboxylic acids is 1. The lowest BCUT2D eigenvalue weighted by molar-refractivity contribution is -0.142. The van der Waals surface area contributed by atoms with Crippen LogP contribution in [0.1, 0.15) is 25.7 Å². The van der Waals surface area contributed by atoms with Crippen LogP contribution in [0, 0.1) is 17.7 Å². The Morgan fingerprint density at radius 3 is 2.36 bits per heavy atom. The molecule has 0 radical (unpaired) electrons. The maximum atomic E-state index is 13.6. The fourth-order valence-corrected chi connectivity index (χ4v) is 5.34. The number of rotatable bonds is 9. The van der Waals surface area contributed by atoms with E-state index in [0.29, 0.717) is 18.4 Å². The number of hydrogen-bond donors (Lipinski definition) is 1. The zero-order valence-corrected chi connectivity index (χ0v) is 19.6. The van der Waals surface area contributed by atoms with Crippen molar-refractivity contribution in [2.75, 3.05) is 19.5 Å². The van der Waals surface area contributed by atoms with Crippen LogP contribution in [-0.2, 0) is 16.1 Å². The van der Waals surface area contributed by atoms with Gasteiger partial charge in [-0.05, 0) is 61.5 Å². The van der Waals surface area contributed by atoms with Crippen molar-refractivity contribution in [1.82, 2.24) is 9.78 Å². The summed E-state index contributed by atoms with van der Waals surface area (Å²) < 4.78 is 21.0. The summed E-state index contributed by atoms with van der Waals surface area (Å²) in [5.41, 5.74) is 3.97. The van der Waals surface area contributed by atoms with Gasteiger partial charge in [0.25, 0.3) is 0 Å². The maximum absolute atomic E-state index is 13.6. The van der Waals surface area contributed by atoms with E-state index in [1.54, 1.807) is 11.8 Å². The van der Waals surface area contributed by atoms with E-state index in [9.17, 15) is 9.18 Å². The Labute approximate surface area is 198 Å². The van der Waals surface area contributed by atoms with Gasteiger partial charge in [-0.25, -0.2) is 9.18 Å². The molecule has 4 rings (SSSR count). The second kappa shape index (κ2) is 11.0. The molecule has 0 amide bonds. The molecule has 0 atom stereocenters. The molecular weight excluding hydrogens is 439 g/mol. The predicted molar refractivity (Wildman–Crippen MR) is 129 cm³/mol. The Hall–Kier alpha value is -2.64. The van der Waals surface area contributed by atoms with Crippen molar-refractivity contribution in [1.29, 1.82) is 0 Å². The van der Waals surface area contributed by atoms with E-state index in [2.05, 4.69) is 23.1 Å². The van der Waals surface area contributed by atoms with Crippen LogP contribution in [0.2, 0.25) is 0 Å². The largest absolute Gasteiger partial charge is 0.480 e. The maximum Gasteiger partial charge on any atom is 0.329 e. The number of halogens is 1. The van der Waals surface area contributed by atoms with Gasteiger partial charge in [0.05, 0.1) is 6.61 Å². The van der Waals surface area contributed by atoms with Crippen LogP contribution in [0.5, 0.6) is 0 Å². The van der Waals surface area contributed by atoms with Gasteiger partial charge >= 0.3 is 5.97 Å². The Morgan fingerprint density at radius 1 is 1.06 bits per heavy atom. The lowest BCUT2D eigenvalue weighted by atomic mass is 9.82. The van der Waals surface area contributed by atoms with Gasteiger partial charge in [0.15, 0.2) is 0 Å². The summed E-state index contributed by atoms with van der Waals surface area (Å²) >= 11 is 1.67. The summed E-state index contributed by atoms with van der Waals surface area (Å²) in [5, 5.41) is 14.9. The average molecular weight is 469 g/mol. The highest BCUT2D eigenvalue weighted by Gasteiger charge is 2.26. The van der Waals surface area contributed by atoms with Gasteiger partial charge in [-0.1, -0.05) is 42.5 Å². The SMILES string of the molecule is CSc1c(-c2ccc(F)cc2)c(-c2ccccc2)nn1C[C@H]1CC[C@@H](COCC(=O)O)CC1. The molecule has 2 aromatic carbocycles. The van der Waals surface area contributed by atoms with Crippen LogP contribution in [-0.4, -0.2) is 40.3 Å². The number of benzene rings is 2. The molecule has 1 aromatic heterocycles. The van der Waals surface area contributed by atoms with Crippen molar-refractivity contribution in [3.63, 3.8) is 0 Å². The van der Waals surface area contributed by atoms with Crippen molar-refractivity contribution in [3.05, 3.63) is 60.4 Å². The summed E-state index contributed by atoms with van der Waals surface area (Å²) in [7, 11) is 0. The molecular formula is C26H29FN2O3S. The molecule has 0 spiro atoms. The highest BCUT2D eigenvalue weighted by atomic mass is 32.2. The van der Waals surface area contributed by atoms with Crippen molar-refractivity contribution in [2.45, 2.75) is 37.3 Å². The standard InChI is InChI=1S/C26H29FN2O3S/c1-33-26-24(20-11-13-22(27)14-12-20)25(21-5-3-2-4-6-21)28-29(26)15-18-7-9-19(10-8-18)16-32-17-23(30)31/h2-6,11-14,18-19H,7-10,15-17H2,1H3,(H,30,31)/t18-,19+. The first-order chi connectivity index (χ1) is 16.0. The topological polar surface area (TPSA) is 64.4 Å². The number of carbonyl (C=O) groups is 1. The van der Waals surface area contributed by atoms with Crippen LogP contribution >= 0.6 is 11.8 Å². The minimum atomic E-state index is -0.918. The third-order valence-corrected chi connectivity index (χ3v) is 7.06. The molecule has 1 saturated carbocycles. The van der Waals surface area contributed by atoms with Gasteiger partial charge in [-0.2, -0.15) is 5.10 Å². The first kappa shape index (κ1) is 23.5. The molecule has 0 unspecified atom stereocenters. The summed E-state index contributed by atoms with van der Waals surface area (Å²) in [6, 6.07) is 16.8. The van der Waals surface area contributed by atoms with Crippen LogP contribution in [0.3, 0.4) is 0 Å². The second-order valence-electron chi connectivity index (χ2n) is 8.58. The first-order valence-electron chi connectivity index (χ1n) is 11.3. The van der Waals surface area contributed by atoms with Crippen LogP contribution in [0.4, 0.5) is 4.39 Å². The summed E-state index contributed by atoms with van der Waals surface area (Å²) in [6.45, 7) is 1.13. The van der Waals surface area contributed by atoms with Gasteiger partial charge in [0.2, 0.25) is 0 Å². The van der Waals surface area contributed by atoms with E-state index in [1.807, 2.05) is 30.3 Å². The number of aromatic nitrogens is 2. The van der Waals surface area contributed by atoms with Crippen LogP contribution in [0.15, 0.2) is 59.6 Å². The zero-order valence-electron chi connectivity index (χ0n) is 18.7. The normalized spacial score (nSPS) is 18.4. The van der Waals surface area contributed by atoms with Gasteiger partial charge in [0, 0.05) is 17.7 Å². The lowest BCUT2D eigenvalue weighted by Crippen LogP contribution is -2.23. The Bertz CT molecular complexity index is 1060. The summed E-state index contributed by atoms with van der Waals surface area (Å²) in [6.07, 6.45) is 6.28. The summed E-state index contributed by atoms with van der Waals surface area (Å²) in [4.78, 5) is 10.7. The van der Waals surface area contributed by atoms with Crippen LogP contribution < -0.4 is 0 Å². The number of carboxylic acid groups (broad SMARTS) is 1. The molecule has 33 heavy (non-hydrogen) atoms. The minimum absolute atomic E-state index is 0.223. The van der Waals surface area contributed by atoms with Gasteiger partial charge in [-0.15, -0.1) is 11.8 Å². The van der Waals surface area contributed by atoms with Crippen molar-refractivity contribution >= 4 is 17.7 Å². The molecule has 0 bridgehead atoms. The van der Waals surface area contributed by atoms with E-state index in [4.69, 9.17) is 14.9 Å². The third kappa shape index (κ3) is 5.84. The quantitative estimate of drug-likeness (QED) is 0.391. The molecule has 174 valence electrons. The number of thioether (sulfide) groups is 1. The number of nitrogens with zero attached hydrogens (tertiary/aromatic N) is 2. The van der Waals surface area contributed by atoms with Crippen molar-refractivity contribution in [3.8, 4) is 22.4 Å². The van der Waals surface area contributed by atoms with Gasteiger partial charge in [-0.3, -0.25) is 4.68 Å². The molecule has 1 fully saturated rings. The Balaban J connectivity index is 1.55. The van der Waals surface area contributed by atoms with Crippen molar-refractivity contribution in [2.24, 2.45) is 11.8 Å². The van der Waals surface area contributed by atoms with Gasteiger partial charge < -0.3 is 9.84 Å². The molecule has 1 aliphatic carbocycles. The van der Waals surface area contributed by atoms with Crippen LogP contribution in [0.25, 0.3) is 22.4 Å². The zero-order chi connectivity index (χ0) is 23.2. The number of aliphatic carboxylic acids is 1. The number of ether oxygens (including phenoxy) is 1. The monoisotopic (exact) mass is 468 g/mol. The fraction of sp³-hybridized carbons (Fsp3) is 0.385. The third-order valence-electron chi connectivity index (χ3n) is 6.26. The van der Waals surface area contributed by atoms with E-state index in [-0.39, 0.29) is 12.4 Å². The predicted octanol–water partition coefficient (Wildman–Crippen LogP) is 5.99. The van der Waals surface area contributed by atoms with E-state index < -0.39 is 5.97 Å². The smallest absolute Gasteiger partial charge is 0.329 e. The summed E-state index contributed by atoms with van der Waals surface area (Å²) in [5.74, 6) is -0.232. The highest BCUT2D eigenvalue weighted by molar-refractivity contribution is 7.98. The fourth-order valence-electron chi connectivity index (χ4n) is 4.59. The molecule has 5 nitrogen and oxygen atoms in total. The van der Waals surface area contributed by atoms with Gasteiger partial charge in [0.1, 0.15) is 23.1 Å². The molecule has 1 N–H and O–H groups in total. The molecule has 0 saturated heterocycles. The molecule has 3 aromatic rings. The van der Waals surface area contributed by atoms with E-state index >= 15 is 0 Å². The molecule has 1 aliphatic rings. The van der Waals surface area contributed by atoms with Crippen molar-refractivity contribution < 1.29 is 19.0 Å². The minimum Gasteiger partial charge on any atom is -0.480 e. The number of hydrogen-bond acceptors (Lipinski definition) is 4. The lowest BCUT2D eigenvalue weighted by Gasteiger charge is -2.28. The second-order valence-corrected chi connectivity index (χ2v) is 9.38. The Kier molecular flexibility index (Phi) is 7.83. The molecule has 7 heteroatoms. The van der Waals surface area contributed by atoms with E-state index in [1.165, 1.54) is 12.1 Å². The Morgan fingerprint density at radius 2 is 1.73 bits per heavy atom. The molecule has 0 aliphatic heterocycles. The average Bonchev–Trinajstić information content (AvgIpc) is 3.19. The van der Waals surface area contributed by atoms with E-state index in [0.717, 1.165) is 59.6 Å². The first-order valence-corrected chi connectivity index (χ1v) is 12.5. The highest BCUT2D eigenvalue weighted by Crippen LogP contribution is 2.40. The molecule has 1 heterocycles.